The van der Waals surface area contributed by atoms with Gasteiger partial charge in [0.2, 0.25) is 5.91 Å². The molecule has 2 aromatic rings. The highest BCUT2D eigenvalue weighted by atomic mass is 16.5. The average molecular weight is 342 g/mol. The number of rotatable bonds is 7. The molecule has 0 aliphatic carbocycles. The number of amides is 1. The normalized spacial score (nSPS) is 17.8. The summed E-state index contributed by atoms with van der Waals surface area (Å²) in [5.41, 5.74) is 1.10. The fourth-order valence-corrected chi connectivity index (χ4v) is 3.28. The second-order valence-corrected chi connectivity index (χ2v) is 6.65. The van der Waals surface area contributed by atoms with Gasteiger partial charge in [0, 0.05) is 43.7 Å². The van der Waals surface area contributed by atoms with Gasteiger partial charge < -0.3 is 15.4 Å². The molecule has 2 heterocycles. The number of carbonyl (C=O) groups excluding carboxylic acids is 1. The molecule has 1 aliphatic heterocycles. The van der Waals surface area contributed by atoms with Gasteiger partial charge in [-0.3, -0.25) is 9.48 Å². The molecule has 1 saturated heterocycles. The lowest BCUT2D eigenvalue weighted by molar-refractivity contribution is -0.122. The monoisotopic (exact) mass is 342 g/mol. The number of benzene rings is 1. The van der Waals surface area contributed by atoms with Gasteiger partial charge in [0.05, 0.1) is 0 Å². The zero-order valence-corrected chi connectivity index (χ0v) is 14.6. The number of nitrogens with one attached hydrogen (secondary N) is 2. The molecule has 0 spiro atoms. The average Bonchev–Trinajstić information content (AvgIpc) is 3.15. The fraction of sp³-hybridized carbons (Fsp3) is 0.474. The smallest absolute Gasteiger partial charge is 0.241 e. The molecule has 1 fully saturated rings. The van der Waals surface area contributed by atoms with Crippen LogP contribution in [0.15, 0.2) is 48.8 Å². The predicted octanol–water partition coefficient (Wildman–Crippen LogP) is 1.90. The van der Waals surface area contributed by atoms with E-state index in [0.29, 0.717) is 19.8 Å². The van der Waals surface area contributed by atoms with Crippen molar-refractivity contribution in [1.82, 2.24) is 20.4 Å². The van der Waals surface area contributed by atoms with Gasteiger partial charge in [-0.05, 0) is 31.4 Å². The first kappa shape index (κ1) is 17.6. The van der Waals surface area contributed by atoms with Gasteiger partial charge in [0.1, 0.15) is 6.54 Å². The van der Waals surface area contributed by atoms with Crippen molar-refractivity contribution in [3.8, 4) is 0 Å². The van der Waals surface area contributed by atoms with Crippen molar-refractivity contribution in [3.63, 3.8) is 0 Å². The standard InChI is InChI=1S/C19H26N4O2/c1-16(17-6-3-2-4-7-17)22-19(8-12-25-13-9-19)15-20-18(24)14-23-11-5-10-21-23/h2-7,10-11,16,22H,8-9,12-15H2,1H3,(H,20,24)/t16-/m0/s1. The van der Waals surface area contributed by atoms with E-state index in [-0.39, 0.29) is 24.0 Å². The molecule has 0 saturated carbocycles. The van der Waals surface area contributed by atoms with Gasteiger partial charge in [0.15, 0.2) is 0 Å². The predicted molar refractivity (Wildman–Crippen MR) is 96.0 cm³/mol. The van der Waals surface area contributed by atoms with Crippen LogP contribution in [0, 0.1) is 0 Å². The first-order chi connectivity index (χ1) is 12.2. The zero-order valence-electron chi connectivity index (χ0n) is 14.6. The second-order valence-electron chi connectivity index (χ2n) is 6.65. The fourth-order valence-electron chi connectivity index (χ4n) is 3.28. The van der Waals surface area contributed by atoms with Crippen LogP contribution in [0.1, 0.15) is 31.4 Å². The summed E-state index contributed by atoms with van der Waals surface area (Å²) >= 11 is 0. The number of aromatic nitrogens is 2. The molecule has 6 nitrogen and oxygen atoms in total. The lowest BCUT2D eigenvalue weighted by Crippen LogP contribution is -2.57. The largest absolute Gasteiger partial charge is 0.381 e. The maximum atomic E-state index is 12.2. The van der Waals surface area contributed by atoms with Crippen molar-refractivity contribution in [1.29, 1.82) is 0 Å². The third kappa shape index (κ3) is 4.90. The third-order valence-corrected chi connectivity index (χ3v) is 4.76. The molecule has 0 unspecified atom stereocenters. The molecule has 0 radical (unpaired) electrons. The van der Waals surface area contributed by atoms with E-state index in [1.165, 1.54) is 5.56 Å². The third-order valence-electron chi connectivity index (χ3n) is 4.76. The van der Waals surface area contributed by atoms with Crippen molar-refractivity contribution in [2.24, 2.45) is 0 Å². The van der Waals surface area contributed by atoms with Crippen LogP contribution in [0.5, 0.6) is 0 Å². The number of carbonyl (C=O) groups is 1. The summed E-state index contributed by atoms with van der Waals surface area (Å²) in [4.78, 5) is 12.2. The summed E-state index contributed by atoms with van der Waals surface area (Å²) in [6, 6.07) is 12.4. The van der Waals surface area contributed by atoms with E-state index in [0.717, 1.165) is 12.8 Å². The van der Waals surface area contributed by atoms with E-state index < -0.39 is 0 Å². The Morgan fingerprint density at radius 3 is 2.72 bits per heavy atom. The Labute approximate surface area is 148 Å². The molecule has 1 atom stereocenters. The van der Waals surface area contributed by atoms with Crippen LogP contribution >= 0.6 is 0 Å². The Morgan fingerprint density at radius 1 is 1.28 bits per heavy atom. The number of nitrogens with zero attached hydrogens (tertiary/aromatic N) is 2. The Bertz CT molecular complexity index is 651. The molecule has 25 heavy (non-hydrogen) atoms. The molecular weight excluding hydrogens is 316 g/mol. The first-order valence-corrected chi connectivity index (χ1v) is 8.81. The van der Waals surface area contributed by atoms with Gasteiger partial charge in [0.25, 0.3) is 0 Å². The summed E-state index contributed by atoms with van der Waals surface area (Å²) in [5.74, 6) is -0.0243. The molecule has 2 N–H and O–H groups in total. The van der Waals surface area contributed by atoms with E-state index in [4.69, 9.17) is 4.74 Å². The molecule has 1 aliphatic rings. The van der Waals surface area contributed by atoms with Gasteiger partial charge in [-0.2, -0.15) is 5.10 Å². The van der Waals surface area contributed by atoms with Gasteiger partial charge in [-0.25, -0.2) is 0 Å². The van der Waals surface area contributed by atoms with Crippen molar-refractivity contribution in [3.05, 3.63) is 54.4 Å². The Balaban J connectivity index is 1.61. The van der Waals surface area contributed by atoms with E-state index in [1.807, 2.05) is 12.1 Å². The van der Waals surface area contributed by atoms with Crippen molar-refractivity contribution in [2.45, 2.75) is 37.9 Å². The van der Waals surface area contributed by atoms with Gasteiger partial charge in [-0.1, -0.05) is 30.3 Å². The van der Waals surface area contributed by atoms with Crippen molar-refractivity contribution >= 4 is 5.91 Å². The lowest BCUT2D eigenvalue weighted by atomic mass is 9.88. The highest BCUT2D eigenvalue weighted by Gasteiger charge is 2.34. The summed E-state index contributed by atoms with van der Waals surface area (Å²) < 4.78 is 7.17. The first-order valence-electron chi connectivity index (χ1n) is 8.81. The van der Waals surface area contributed by atoms with Crippen LogP contribution in [0.3, 0.4) is 0 Å². The number of ether oxygens (including phenoxy) is 1. The molecule has 1 aromatic carbocycles. The molecular formula is C19H26N4O2. The summed E-state index contributed by atoms with van der Waals surface area (Å²) in [6.07, 6.45) is 5.23. The van der Waals surface area contributed by atoms with Crippen LogP contribution in [-0.2, 0) is 16.1 Å². The molecule has 1 amide bonds. The SMILES string of the molecule is C[C@H](NC1(CNC(=O)Cn2cccn2)CCOCC1)c1ccccc1. The molecule has 134 valence electrons. The second kappa shape index (κ2) is 8.27. The van der Waals surface area contributed by atoms with Crippen LogP contribution in [0.2, 0.25) is 0 Å². The maximum Gasteiger partial charge on any atom is 0.241 e. The van der Waals surface area contributed by atoms with E-state index >= 15 is 0 Å². The lowest BCUT2D eigenvalue weighted by Gasteiger charge is -2.40. The summed E-state index contributed by atoms with van der Waals surface area (Å²) in [5, 5.41) is 10.9. The topological polar surface area (TPSA) is 68.2 Å². The highest BCUT2D eigenvalue weighted by Crippen LogP contribution is 2.25. The minimum Gasteiger partial charge on any atom is -0.381 e. The van der Waals surface area contributed by atoms with Crippen molar-refractivity contribution < 1.29 is 9.53 Å². The number of hydrogen-bond donors (Lipinski definition) is 2. The van der Waals surface area contributed by atoms with E-state index in [9.17, 15) is 4.79 Å². The maximum absolute atomic E-state index is 12.2. The quantitative estimate of drug-likeness (QED) is 0.806. The minimum absolute atomic E-state index is 0.0243. The van der Waals surface area contributed by atoms with Gasteiger partial charge >= 0.3 is 0 Å². The highest BCUT2D eigenvalue weighted by molar-refractivity contribution is 5.75. The Hall–Kier alpha value is -2.18. The molecule has 6 heteroatoms. The zero-order chi connectivity index (χ0) is 17.5. The molecule has 1 aromatic heterocycles. The molecule has 3 rings (SSSR count). The molecule has 0 bridgehead atoms. The van der Waals surface area contributed by atoms with E-state index in [2.05, 4.69) is 46.9 Å². The minimum atomic E-state index is -0.146. The van der Waals surface area contributed by atoms with E-state index in [1.54, 1.807) is 17.1 Å². The number of hydrogen-bond acceptors (Lipinski definition) is 4. The van der Waals surface area contributed by atoms with Crippen LogP contribution < -0.4 is 10.6 Å². The van der Waals surface area contributed by atoms with Crippen LogP contribution in [0.4, 0.5) is 0 Å². The Kier molecular flexibility index (Phi) is 5.83. The summed E-state index contributed by atoms with van der Waals surface area (Å²) in [6.45, 7) is 4.42. The van der Waals surface area contributed by atoms with Crippen molar-refractivity contribution in [2.75, 3.05) is 19.8 Å². The summed E-state index contributed by atoms with van der Waals surface area (Å²) in [7, 11) is 0. The van der Waals surface area contributed by atoms with Crippen LogP contribution in [0.25, 0.3) is 0 Å². The Morgan fingerprint density at radius 2 is 2.04 bits per heavy atom. The van der Waals surface area contributed by atoms with Crippen LogP contribution in [-0.4, -0.2) is 41.0 Å². The van der Waals surface area contributed by atoms with Gasteiger partial charge in [-0.15, -0.1) is 0 Å².